The van der Waals surface area contributed by atoms with Gasteiger partial charge >= 0.3 is 0 Å². The minimum absolute atomic E-state index is 0.0441. The zero-order valence-corrected chi connectivity index (χ0v) is 20.7. The van der Waals surface area contributed by atoms with Crippen LogP contribution in [0, 0.1) is 5.82 Å². The molecule has 2 aromatic carbocycles. The van der Waals surface area contributed by atoms with Crippen LogP contribution in [-0.2, 0) is 6.42 Å². The Morgan fingerprint density at radius 1 is 1.14 bits per heavy atom. The van der Waals surface area contributed by atoms with Gasteiger partial charge in [-0.3, -0.25) is 9.59 Å². The first-order chi connectivity index (χ1) is 17.4. The molecule has 5 rings (SSSR count). The zero-order chi connectivity index (χ0) is 25.2. The Kier molecular flexibility index (Phi) is 6.87. The second-order valence-electron chi connectivity index (χ2n) is 9.29. The van der Waals surface area contributed by atoms with E-state index in [0.717, 1.165) is 24.0 Å². The number of fused-ring (bicyclic) bond motifs is 1. The van der Waals surface area contributed by atoms with Crippen LogP contribution >= 0.6 is 11.6 Å². The molecule has 1 aromatic heterocycles. The largest absolute Gasteiger partial charge is 0.354 e. The smallest absolute Gasteiger partial charge is 0.253 e. The van der Waals surface area contributed by atoms with Crippen molar-refractivity contribution in [2.75, 3.05) is 25.0 Å². The Morgan fingerprint density at radius 2 is 1.92 bits per heavy atom. The maximum Gasteiger partial charge on any atom is 0.253 e. The SMILES string of the molecule is CN(C(=O)c1ccc2c(c1)C(NC(=O)c1ccccc1Cl)CC2)C1CCN(c2ncncc2F)CC1. The van der Waals surface area contributed by atoms with Crippen molar-refractivity contribution in [3.63, 3.8) is 0 Å². The second-order valence-corrected chi connectivity index (χ2v) is 9.69. The molecule has 186 valence electrons. The van der Waals surface area contributed by atoms with E-state index in [1.54, 1.807) is 29.2 Å². The Bertz CT molecular complexity index is 1290. The van der Waals surface area contributed by atoms with Crippen molar-refractivity contribution < 1.29 is 14.0 Å². The second kappa shape index (κ2) is 10.2. The van der Waals surface area contributed by atoms with Crippen LogP contribution in [0.2, 0.25) is 5.02 Å². The molecular formula is C27H27ClFN5O2. The van der Waals surface area contributed by atoms with Crippen molar-refractivity contribution in [1.29, 1.82) is 0 Å². The van der Waals surface area contributed by atoms with Crippen LogP contribution in [0.5, 0.6) is 0 Å². The number of halogens is 2. The van der Waals surface area contributed by atoms with Crippen LogP contribution in [0.3, 0.4) is 0 Å². The third-order valence-corrected chi connectivity index (χ3v) is 7.50. The Labute approximate surface area is 214 Å². The highest BCUT2D eigenvalue weighted by Gasteiger charge is 2.30. The molecule has 0 radical (unpaired) electrons. The number of rotatable bonds is 5. The number of aromatic nitrogens is 2. The van der Waals surface area contributed by atoms with Crippen molar-refractivity contribution in [2.24, 2.45) is 0 Å². The van der Waals surface area contributed by atoms with E-state index >= 15 is 0 Å². The van der Waals surface area contributed by atoms with Crippen LogP contribution in [0.1, 0.15) is 57.1 Å². The van der Waals surface area contributed by atoms with Crippen molar-refractivity contribution in [1.82, 2.24) is 20.2 Å². The highest BCUT2D eigenvalue weighted by atomic mass is 35.5. The van der Waals surface area contributed by atoms with Crippen molar-refractivity contribution in [3.8, 4) is 0 Å². The summed E-state index contributed by atoms with van der Waals surface area (Å²) in [5.41, 5.74) is 3.15. The van der Waals surface area contributed by atoms with E-state index in [2.05, 4.69) is 15.3 Å². The van der Waals surface area contributed by atoms with E-state index in [0.29, 0.717) is 47.9 Å². The van der Waals surface area contributed by atoms with Gasteiger partial charge in [-0.1, -0.05) is 29.8 Å². The molecule has 1 aliphatic carbocycles. The summed E-state index contributed by atoms with van der Waals surface area (Å²) in [7, 11) is 1.82. The number of carbonyl (C=O) groups is 2. The van der Waals surface area contributed by atoms with Gasteiger partial charge in [-0.25, -0.2) is 14.4 Å². The lowest BCUT2D eigenvalue weighted by Gasteiger charge is -2.37. The minimum Gasteiger partial charge on any atom is -0.354 e. The first-order valence-corrected chi connectivity index (χ1v) is 12.5. The van der Waals surface area contributed by atoms with Gasteiger partial charge in [0, 0.05) is 31.7 Å². The average Bonchev–Trinajstić information content (AvgIpc) is 3.30. The standard InChI is InChI=1S/C27H27ClFN5O2/c1-33(19-10-12-34(13-11-19)25-23(29)15-30-16-31-25)27(36)18-7-6-17-8-9-24(21(17)14-18)32-26(35)20-4-2-3-5-22(20)28/h2-7,14-16,19,24H,8-13H2,1H3,(H,32,35). The first-order valence-electron chi connectivity index (χ1n) is 12.1. The van der Waals surface area contributed by atoms with Crippen LogP contribution in [0.4, 0.5) is 10.2 Å². The van der Waals surface area contributed by atoms with Crippen molar-refractivity contribution in [2.45, 2.75) is 37.8 Å². The first kappa shape index (κ1) is 24.2. The fraction of sp³-hybridized carbons (Fsp3) is 0.333. The highest BCUT2D eigenvalue weighted by Crippen LogP contribution is 2.33. The van der Waals surface area contributed by atoms with E-state index in [9.17, 15) is 14.0 Å². The van der Waals surface area contributed by atoms with Crippen LogP contribution in [0.25, 0.3) is 0 Å². The zero-order valence-electron chi connectivity index (χ0n) is 20.0. The average molecular weight is 508 g/mol. The molecule has 0 spiro atoms. The molecule has 1 saturated heterocycles. The number of hydrogen-bond donors (Lipinski definition) is 1. The molecule has 0 bridgehead atoms. The van der Waals surface area contributed by atoms with Gasteiger partial charge in [-0.15, -0.1) is 0 Å². The molecule has 1 unspecified atom stereocenters. The number of benzene rings is 2. The predicted octanol–water partition coefficient (Wildman–Crippen LogP) is 4.43. The van der Waals surface area contributed by atoms with E-state index < -0.39 is 5.82 Å². The van der Waals surface area contributed by atoms with Gasteiger partial charge in [-0.05, 0) is 61.1 Å². The third-order valence-electron chi connectivity index (χ3n) is 7.17. The summed E-state index contributed by atoms with van der Waals surface area (Å²) in [5, 5.41) is 3.49. The van der Waals surface area contributed by atoms with Gasteiger partial charge in [0.2, 0.25) is 0 Å². The summed E-state index contributed by atoms with van der Waals surface area (Å²) in [6, 6.07) is 12.6. The molecule has 0 saturated carbocycles. The number of carbonyl (C=O) groups excluding carboxylic acids is 2. The van der Waals surface area contributed by atoms with Gasteiger partial charge < -0.3 is 15.1 Å². The number of hydrogen-bond acceptors (Lipinski definition) is 5. The van der Waals surface area contributed by atoms with E-state index in [1.165, 1.54) is 12.5 Å². The van der Waals surface area contributed by atoms with E-state index in [1.807, 2.05) is 30.1 Å². The number of nitrogens with one attached hydrogen (secondary N) is 1. The summed E-state index contributed by atoms with van der Waals surface area (Å²) < 4.78 is 14.1. The number of anilines is 1. The molecule has 36 heavy (non-hydrogen) atoms. The molecule has 7 nitrogen and oxygen atoms in total. The summed E-state index contributed by atoms with van der Waals surface area (Å²) in [4.78, 5) is 37.6. The minimum atomic E-state index is -0.435. The van der Waals surface area contributed by atoms with Gasteiger partial charge in [0.15, 0.2) is 11.6 Å². The molecule has 2 aliphatic rings. The maximum atomic E-state index is 14.1. The molecule has 1 N–H and O–H groups in total. The molecule has 1 aliphatic heterocycles. The Hall–Kier alpha value is -3.52. The molecule has 1 fully saturated rings. The summed E-state index contributed by atoms with van der Waals surface area (Å²) >= 11 is 6.19. The van der Waals surface area contributed by atoms with Crippen LogP contribution < -0.4 is 10.2 Å². The summed E-state index contributed by atoms with van der Waals surface area (Å²) in [6.45, 7) is 1.22. The van der Waals surface area contributed by atoms with Gasteiger partial charge in [0.05, 0.1) is 22.8 Å². The van der Waals surface area contributed by atoms with E-state index in [4.69, 9.17) is 11.6 Å². The van der Waals surface area contributed by atoms with Crippen LogP contribution in [0.15, 0.2) is 55.0 Å². The van der Waals surface area contributed by atoms with Gasteiger partial charge in [-0.2, -0.15) is 0 Å². The number of amides is 2. The Balaban J connectivity index is 1.25. The fourth-order valence-corrected chi connectivity index (χ4v) is 5.36. The Morgan fingerprint density at radius 3 is 2.67 bits per heavy atom. The summed E-state index contributed by atoms with van der Waals surface area (Å²) in [5.74, 6) is -0.414. The fourth-order valence-electron chi connectivity index (χ4n) is 5.14. The van der Waals surface area contributed by atoms with Gasteiger partial charge in [0.25, 0.3) is 11.8 Å². The third kappa shape index (κ3) is 4.78. The molecule has 3 aromatic rings. The highest BCUT2D eigenvalue weighted by molar-refractivity contribution is 6.33. The molecule has 2 amide bonds. The predicted molar refractivity (Wildman–Crippen MR) is 136 cm³/mol. The maximum absolute atomic E-state index is 14.1. The normalized spacial score (nSPS) is 17.5. The summed E-state index contributed by atoms with van der Waals surface area (Å²) in [6.07, 6.45) is 5.56. The van der Waals surface area contributed by atoms with Crippen LogP contribution in [-0.4, -0.2) is 52.9 Å². The quantitative estimate of drug-likeness (QED) is 0.553. The molecular weight excluding hydrogens is 481 g/mol. The number of piperidine rings is 1. The van der Waals surface area contributed by atoms with Crippen molar-refractivity contribution >= 4 is 29.2 Å². The molecule has 2 heterocycles. The molecule has 1 atom stereocenters. The lowest BCUT2D eigenvalue weighted by atomic mass is 10.00. The monoisotopic (exact) mass is 507 g/mol. The lowest BCUT2D eigenvalue weighted by Crippen LogP contribution is -2.46. The van der Waals surface area contributed by atoms with Crippen molar-refractivity contribution in [3.05, 3.63) is 88.1 Å². The topological polar surface area (TPSA) is 78.4 Å². The number of nitrogens with zero attached hydrogens (tertiary/aromatic N) is 4. The number of aryl methyl sites for hydroxylation is 1. The van der Waals surface area contributed by atoms with Gasteiger partial charge in [0.1, 0.15) is 6.33 Å². The lowest BCUT2D eigenvalue weighted by molar-refractivity contribution is 0.0708. The molecule has 9 heteroatoms. The van der Waals surface area contributed by atoms with E-state index in [-0.39, 0.29) is 23.9 Å².